The van der Waals surface area contributed by atoms with E-state index in [1.165, 1.54) is 6.20 Å². The number of hydrogen-bond acceptors (Lipinski definition) is 2. The average Bonchev–Trinajstić information content (AvgIpc) is 2.42. The van der Waals surface area contributed by atoms with Crippen LogP contribution in [0.5, 0.6) is 0 Å². The summed E-state index contributed by atoms with van der Waals surface area (Å²) in [7, 11) is 0. The third kappa shape index (κ3) is 4.05. The van der Waals surface area contributed by atoms with Crippen LogP contribution in [0.25, 0.3) is 0 Å². The van der Waals surface area contributed by atoms with E-state index in [1.807, 2.05) is 24.3 Å². The minimum absolute atomic E-state index is 0.190. The van der Waals surface area contributed by atoms with Crippen molar-refractivity contribution < 1.29 is 4.79 Å². The second kappa shape index (κ2) is 6.85. The fraction of sp³-hybridized carbons (Fsp3) is 0.143. The van der Waals surface area contributed by atoms with Crippen molar-refractivity contribution in [2.45, 2.75) is 12.8 Å². The van der Waals surface area contributed by atoms with Crippen LogP contribution in [0, 0.1) is 0 Å². The molecule has 6 heteroatoms. The third-order valence-electron chi connectivity index (χ3n) is 2.72. The topological polar surface area (TPSA) is 62.0 Å². The molecule has 0 radical (unpaired) electrons. The molecule has 1 heterocycles. The number of carbonyl (C=O) groups excluding carboxylic acids is 1. The van der Waals surface area contributed by atoms with Crippen LogP contribution < -0.4 is 10.9 Å². The molecule has 0 aliphatic heterocycles. The maximum atomic E-state index is 11.9. The molecule has 2 aromatic rings. The minimum Gasteiger partial charge on any atom is -0.326 e. The average molecular weight is 400 g/mol. The largest absolute Gasteiger partial charge is 0.326 e. The Morgan fingerprint density at radius 2 is 2.00 bits per heavy atom. The van der Waals surface area contributed by atoms with Crippen molar-refractivity contribution in [2.24, 2.45) is 0 Å². The van der Waals surface area contributed by atoms with Gasteiger partial charge in [0, 0.05) is 21.6 Å². The second-order valence-corrected chi connectivity index (χ2v) is 5.97. The standard InChI is InChI=1S/C14H12Br2N2O2/c15-10-7-12(14(20)17-8-10)18-13(19)6-5-9-3-1-2-4-11(9)16/h1-4,7-8H,5-6H2,(H,17,20)(H,18,19). The first-order valence-electron chi connectivity index (χ1n) is 5.98. The Labute approximate surface area is 132 Å². The first-order valence-corrected chi connectivity index (χ1v) is 7.56. The highest BCUT2D eigenvalue weighted by molar-refractivity contribution is 9.10. The molecule has 0 saturated heterocycles. The lowest BCUT2D eigenvalue weighted by molar-refractivity contribution is -0.116. The van der Waals surface area contributed by atoms with E-state index >= 15 is 0 Å². The van der Waals surface area contributed by atoms with E-state index in [9.17, 15) is 9.59 Å². The van der Waals surface area contributed by atoms with E-state index in [4.69, 9.17) is 0 Å². The van der Waals surface area contributed by atoms with Crippen molar-refractivity contribution in [3.05, 3.63) is 61.4 Å². The smallest absolute Gasteiger partial charge is 0.271 e. The van der Waals surface area contributed by atoms with Crippen molar-refractivity contribution in [2.75, 3.05) is 5.32 Å². The number of nitrogens with one attached hydrogen (secondary N) is 2. The molecule has 0 unspecified atom stereocenters. The normalized spacial score (nSPS) is 10.3. The van der Waals surface area contributed by atoms with Gasteiger partial charge in [-0.25, -0.2) is 0 Å². The zero-order valence-electron chi connectivity index (χ0n) is 10.5. The van der Waals surface area contributed by atoms with Crippen LogP contribution in [0.4, 0.5) is 5.69 Å². The summed E-state index contributed by atoms with van der Waals surface area (Å²) >= 11 is 6.69. The van der Waals surface area contributed by atoms with E-state index in [-0.39, 0.29) is 17.2 Å². The molecule has 0 saturated carbocycles. The maximum absolute atomic E-state index is 11.9. The van der Waals surface area contributed by atoms with Gasteiger partial charge in [0.15, 0.2) is 0 Å². The molecule has 2 rings (SSSR count). The number of H-pyrrole nitrogens is 1. The van der Waals surface area contributed by atoms with Gasteiger partial charge in [-0.05, 0) is 40.0 Å². The zero-order chi connectivity index (χ0) is 14.5. The predicted molar refractivity (Wildman–Crippen MR) is 85.9 cm³/mol. The van der Waals surface area contributed by atoms with Crippen LogP contribution in [0.3, 0.4) is 0 Å². The van der Waals surface area contributed by atoms with Gasteiger partial charge in [-0.1, -0.05) is 34.1 Å². The molecule has 0 aliphatic carbocycles. The Balaban J connectivity index is 1.98. The van der Waals surface area contributed by atoms with Crippen LogP contribution in [-0.4, -0.2) is 10.9 Å². The molecule has 1 aromatic heterocycles. The lowest BCUT2D eigenvalue weighted by Gasteiger charge is -2.06. The maximum Gasteiger partial charge on any atom is 0.271 e. The van der Waals surface area contributed by atoms with Crippen molar-refractivity contribution in [3.63, 3.8) is 0 Å². The summed E-state index contributed by atoms with van der Waals surface area (Å²) < 4.78 is 1.69. The van der Waals surface area contributed by atoms with Crippen molar-refractivity contribution in [1.82, 2.24) is 4.98 Å². The van der Waals surface area contributed by atoms with Crippen LogP contribution in [0.2, 0.25) is 0 Å². The molecule has 0 fully saturated rings. The molecular weight excluding hydrogens is 388 g/mol. The number of aromatic amines is 1. The van der Waals surface area contributed by atoms with Gasteiger partial charge in [-0.2, -0.15) is 0 Å². The Morgan fingerprint density at radius 3 is 2.75 bits per heavy atom. The van der Waals surface area contributed by atoms with E-state index in [0.717, 1.165) is 10.0 Å². The van der Waals surface area contributed by atoms with Gasteiger partial charge in [-0.15, -0.1) is 0 Å². The number of carbonyl (C=O) groups is 1. The second-order valence-electron chi connectivity index (χ2n) is 4.20. The molecule has 1 aromatic carbocycles. The van der Waals surface area contributed by atoms with Gasteiger partial charge in [0.1, 0.15) is 5.69 Å². The number of aromatic nitrogens is 1. The van der Waals surface area contributed by atoms with Gasteiger partial charge in [0.25, 0.3) is 5.56 Å². The first-order chi connectivity index (χ1) is 9.56. The fourth-order valence-electron chi connectivity index (χ4n) is 1.71. The zero-order valence-corrected chi connectivity index (χ0v) is 13.6. The SMILES string of the molecule is O=C(CCc1ccccc1Br)Nc1cc(Br)c[nH]c1=O. The number of aryl methyl sites for hydroxylation is 1. The Bertz CT molecular complexity index is 683. The van der Waals surface area contributed by atoms with Gasteiger partial charge >= 0.3 is 0 Å². The van der Waals surface area contributed by atoms with Gasteiger partial charge < -0.3 is 10.3 Å². The molecule has 0 spiro atoms. The first kappa shape index (κ1) is 15.0. The highest BCUT2D eigenvalue weighted by Gasteiger charge is 2.08. The highest BCUT2D eigenvalue weighted by atomic mass is 79.9. The predicted octanol–water partition coefficient (Wildman–Crippen LogP) is 3.47. The molecular formula is C14H12Br2N2O2. The van der Waals surface area contributed by atoms with Crippen LogP contribution in [0.1, 0.15) is 12.0 Å². The highest BCUT2D eigenvalue weighted by Crippen LogP contribution is 2.17. The molecule has 4 nitrogen and oxygen atoms in total. The fourth-order valence-corrected chi connectivity index (χ4v) is 2.54. The lowest BCUT2D eigenvalue weighted by Crippen LogP contribution is -2.19. The number of halogens is 2. The summed E-state index contributed by atoms with van der Waals surface area (Å²) in [6.07, 6.45) is 2.45. The quantitative estimate of drug-likeness (QED) is 0.826. The third-order valence-corrected chi connectivity index (χ3v) is 3.95. The summed E-state index contributed by atoms with van der Waals surface area (Å²) in [5.74, 6) is -0.190. The summed E-state index contributed by atoms with van der Waals surface area (Å²) in [4.78, 5) is 25.9. The van der Waals surface area contributed by atoms with Gasteiger partial charge in [-0.3, -0.25) is 9.59 Å². The van der Waals surface area contributed by atoms with Crippen molar-refractivity contribution in [3.8, 4) is 0 Å². The Morgan fingerprint density at radius 1 is 1.25 bits per heavy atom. The van der Waals surface area contributed by atoms with Crippen LogP contribution >= 0.6 is 31.9 Å². The van der Waals surface area contributed by atoms with E-state index in [1.54, 1.807) is 6.07 Å². The number of rotatable bonds is 4. The number of benzene rings is 1. The van der Waals surface area contributed by atoms with Crippen LogP contribution in [0.15, 0.2) is 50.3 Å². The lowest BCUT2D eigenvalue weighted by atomic mass is 10.1. The molecule has 0 bridgehead atoms. The van der Waals surface area contributed by atoms with Gasteiger partial charge in [0.2, 0.25) is 5.91 Å². The Hall–Kier alpha value is -1.40. The summed E-state index contributed by atoms with van der Waals surface area (Å²) in [5.41, 5.74) is 0.991. The molecule has 104 valence electrons. The minimum atomic E-state index is -0.317. The summed E-state index contributed by atoms with van der Waals surface area (Å²) in [5, 5.41) is 2.61. The number of amides is 1. The molecule has 1 amide bonds. The molecule has 0 aliphatic rings. The van der Waals surface area contributed by atoms with Crippen molar-refractivity contribution >= 4 is 43.5 Å². The van der Waals surface area contributed by atoms with E-state index in [0.29, 0.717) is 17.3 Å². The van der Waals surface area contributed by atoms with E-state index < -0.39 is 0 Å². The molecule has 20 heavy (non-hydrogen) atoms. The Kier molecular flexibility index (Phi) is 5.14. The van der Waals surface area contributed by atoms with E-state index in [2.05, 4.69) is 42.2 Å². The number of anilines is 1. The summed E-state index contributed by atoms with van der Waals surface area (Å²) in [6, 6.07) is 9.33. The molecule has 0 atom stereocenters. The number of pyridine rings is 1. The number of hydrogen-bond donors (Lipinski definition) is 2. The van der Waals surface area contributed by atoms with Crippen molar-refractivity contribution in [1.29, 1.82) is 0 Å². The monoisotopic (exact) mass is 398 g/mol. The van der Waals surface area contributed by atoms with Gasteiger partial charge in [0.05, 0.1) is 0 Å². The molecule has 2 N–H and O–H groups in total. The van der Waals surface area contributed by atoms with Crippen LogP contribution in [-0.2, 0) is 11.2 Å². The summed E-state index contributed by atoms with van der Waals surface area (Å²) in [6.45, 7) is 0.